The van der Waals surface area contributed by atoms with Gasteiger partial charge in [0.25, 0.3) is 0 Å². The van der Waals surface area contributed by atoms with E-state index in [2.05, 4.69) is 11.1 Å². The van der Waals surface area contributed by atoms with E-state index < -0.39 is 0 Å². The van der Waals surface area contributed by atoms with Crippen LogP contribution in [-0.4, -0.2) is 40.2 Å². The van der Waals surface area contributed by atoms with Crippen molar-refractivity contribution in [1.82, 2.24) is 14.5 Å². The van der Waals surface area contributed by atoms with E-state index in [9.17, 15) is 9.59 Å². The second-order valence-electron chi connectivity index (χ2n) is 8.05. The van der Waals surface area contributed by atoms with Crippen molar-refractivity contribution in [3.05, 3.63) is 107 Å². The number of carbonyl (C=O) groups excluding carboxylic acids is 2. The zero-order chi connectivity index (χ0) is 22.7. The number of likely N-dealkylation sites (N-methyl/N-ethyl adjacent to an activating group) is 1. The van der Waals surface area contributed by atoms with Crippen molar-refractivity contribution in [3.8, 4) is 0 Å². The fraction of sp³-hybridized carbons (Fsp3) is 0.148. The van der Waals surface area contributed by atoms with Gasteiger partial charge >= 0.3 is 0 Å². The fourth-order valence-electron chi connectivity index (χ4n) is 3.57. The summed E-state index contributed by atoms with van der Waals surface area (Å²) in [7, 11) is 3.44. The van der Waals surface area contributed by atoms with Gasteiger partial charge in [-0.3, -0.25) is 14.6 Å². The standard InChI is InChI=1S/C27H25N3O2/c1-19-9-11-22(12-10-19)27(32)24-8-5-15-30(24)18-20-16-23-7-4-6-21(26(23)28-17-20)13-14-25(31)29(2)3/h4-17H,18H2,1-3H3. The summed E-state index contributed by atoms with van der Waals surface area (Å²) in [4.78, 5) is 31.0. The zero-order valence-electron chi connectivity index (χ0n) is 18.4. The van der Waals surface area contributed by atoms with Gasteiger partial charge in [-0.25, -0.2) is 0 Å². The molecule has 0 N–H and O–H groups in total. The van der Waals surface area contributed by atoms with E-state index in [1.54, 1.807) is 26.2 Å². The lowest BCUT2D eigenvalue weighted by atomic mass is 10.1. The summed E-state index contributed by atoms with van der Waals surface area (Å²) in [5.41, 5.74) is 5.17. The molecule has 0 spiro atoms. The molecule has 5 nitrogen and oxygen atoms in total. The maximum absolute atomic E-state index is 13.0. The maximum Gasteiger partial charge on any atom is 0.246 e. The molecule has 2 heterocycles. The highest BCUT2D eigenvalue weighted by molar-refractivity contribution is 6.08. The SMILES string of the molecule is Cc1ccc(C(=O)c2cccn2Cc2cnc3c(C=CC(=O)N(C)C)cccc3c2)cc1. The molecule has 4 aromatic rings. The molecule has 0 aliphatic heterocycles. The molecule has 4 rings (SSSR count). The van der Waals surface area contributed by atoms with Gasteiger partial charge in [0.1, 0.15) is 0 Å². The number of carbonyl (C=O) groups is 2. The van der Waals surface area contributed by atoms with Crippen molar-refractivity contribution < 1.29 is 9.59 Å². The molecule has 0 aliphatic rings. The minimum Gasteiger partial charge on any atom is -0.345 e. The average molecular weight is 424 g/mol. The summed E-state index contributed by atoms with van der Waals surface area (Å²) in [5.74, 6) is -0.0706. The number of aryl methyl sites for hydroxylation is 1. The average Bonchev–Trinajstić information content (AvgIpc) is 3.25. The molecule has 2 aromatic heterocycles. The van der Waals surface area contributed by atoms with Crippen LogP contribution in [0.1, 0.15) is 32.7 Å². The first-order valence-electron chi connectivity index (χ1n) is 10.5. The number of nitrogens with zero attached hydrogens (tertiary/aromatic N) is 3. The lowest BCUT2D eigenvalue weighted by molar-refractivity contribution is -0.123. The Kier molecular flexibility index (Phi) is 5.99. The first-order chi connectivity index (χ1) is 15.4. The highest BCUT2D eigenvalue weighted by Gasteiger charge is 2.14. The van der Waals surface area contributed by atoms with Crippen LogP contribution in [0.5, 0.6) is 0 Å². The number of benzene rings is 2. The second kappa shape index (κ2) is 9.02. The van der Waals surface area contributed by atoms with Crippen molar-refractivity contribution in [2.45, 2.75) is 13.5 Å². The monoisotopic (exact) mass is 423 g/mol. The molecular formula is C27H25N3O2. The Balaban J connectivity index is 1.60. The number of ketones is 1. The minimum atomic E-state index is -0.0722. The van der Waals surface area contributed by atoms with Crippen molar-refractivity contribution >= 4 is 28.7 Å². The number of pyridine rings is 1. The molecule has 0 saturated carbocycles. The summed E-state index contributed by atoms with van der Waals surface area (Å²) in [5, 5.41) is 0.987. The maximum atomic E-state index is 13.0. The van der Waals surface area contributed by atoms with E-state index in [0.717, 1.165) is 27.6 Å². The van der Waals surface area contributed by atoms with E-state index in [4.69, 9.17) is 0 Å². The smallest absolute Gasteiger partial charge is 0.246 e. The van der Waals surface area contributed by atoms with E-state index in [1.165, 1.54) is 4.90 Å². The summed E-state index contributed by atoms with van der Waals surface area (Å²) in [6.45, 7) is 2.55. The Labute approximate surface area is 187 Å². The molecule has 0 radical (unpaired) electrons. The molecule has 0 bridgehead atoms. The predicted octanol–water partition coefficient (Wildman–Crippen LogP) is 4.73. The third kappa shape index (κ3) is 4.52. The Bertz CT molecular complexity index is 1310. The van der Waals surface area contributed by atoms with Gasteiger partial charge in [-0.15, -0.1) is 0 Å². The lowest BCUT2D eigenvalue weighted by Gasteiger charge is -2.10. The van der Waals surface area contributed by atoms with Gasteiger partial charge < -0.3 is 9.47 Å². The lowest BCUT2D eigenvalue weighted by Crippen LogP contribution is -2.18. The predicted molar refractivity (Wildman–Crippen MR) is 128 cm³/mol. The molecule has 0 aliphatic carbocycles. The molecule has 32 heavy (non-hydrogen) atoms. The van der Waals surface area contributed by atoms with Crippen LogP contribution < -0.4 is 0 Å². The van der Waals surface area contributed by atoms with Crippen LogP contribution in [-0.2, 0) is 11.3 Å². The Hall–Kier alpha value is -3.99. The van der Waals surface area contributed by atoms with Crippen molar-refractivity contribution in [3.63, 3.8) is 0 Å². The van der Waals surface area contributed by atoms with Crippen LogP contribution >= 0.6 is 0 Å². The summed E-state index contributed by atoms with van der Waals surface area (Å²) in [6, 6.07) is 19.3. The van der Waals surface area contributed by atoms with Crippen LogP contribution in [0.4, 0.5) is 0 Å². The topological polar surface area (TPSA) is 55.2 Å². The van der Waals surface area contributed by atoms with Gasteiger partial charge in [0.2, 0.25) is 11.7 Å². The third-order valence-electron chi connectivity index (χ3n) is 5.37. The second-order valence-corrected chi connectivity index (χ2v) is 8.05. The van der Waals surface area contributed by atoms with Crippen molar-refractivity contribution in [2.75, 3.05) is 14.1 Å². The van der Waals surface area contributed by atoms with E-state index in [0.29, 0.717) is 17.8 Å². The normalized spacial score (nSPS) is 11.2. The van der Waals surface area contributed by atoms with Crippen LogP contribution in [0.2, 0.25) is 0 Å². The van der Waals surface area contributed by atoms with Gasteiger partial charge in [0.15, 0.2) is 0 Å². The van der Waals surface area contributed by atoms with Gasteiger partial charge in [0.05, 0.1) is 11.2 Å². The number of fused-ring (bicyclic) bond motifs is 1. The number of amides is 1. The number of aromatic nitrogens is 2. The van der Waals surface area contributed by atoms with Gasteiger partial charge in [0, 0.05) is 55.6 Å². The molecule has 5 heteroatoms. The first-order valence-corrected chi connectivity index (χ1v) is 10.5. The third-order valence-corrected chi connectivity index (χ3v) is 5.37. The molecule has 2 aromatic carbocycles. The summed E-state index contributed by atoms with van der Waals surface area (Å²) < 4.78 is 1.95. The van der Waals surface area contributed by atoms with Gasteiger partial charge in [-0.1, -0.05) is 48.0 Å². The Morgan fingerprint density at radius 3 is 2.56 bits per heavy atom. The number of para-hydroxylation sites is 1. The van der Waals surface area contributed by atoms with E-state index >= 15 is 0 Å². The number of hydrogen-bond donors (Lipinski definition) is 0. The Morgan fingerprint density at radius 2 is 1.81 bits per heavy atom. The van der Waals surface area contributed by atoms with Gasteiger partial charge in [-0.2, -0.15) is 0 Å². The molecule has 0 fully saturated rings. The van der Waals surface area contributed by atoms with Crippen molar-refractivity contribution in [2.24, 2.45) is 0 Å². The molecule has 0 saturated heterocycles. The van der Waals surface area contributed by atoms with Crippen LogP contribution in [0.3, 0.4) is 0 Å². The highest BCUT2D eigenvalue weighted by atomic mass is 16.2. The first kappa shape index (κ1) is 21.2. The van der Waals surface area contributed by atoms with E-state index in [-0.39, 0.29) is 11.7 Å². The molecular weight excluding hydrogens is 398 g/mol. The summed E-state index contributed by atoms with van der Waals surface area (Å²) >= 11 is 0. The molecule has 160 valence electrons. The minimum absolute atomic E-state index is 0.00160. The number of hydrogen-bond acceptors (Lipinski definition) is 3. The molecule has 1 amide bonds. The number of rotatable bonds is 6. The summed E-state index contributed by atoms with van der Waals surface area (Å²) in [6.07, 6.45) is 7.08. The van der Waals surface area contributed by atoms with E-state index in [1.807, 2.05) is 78.5 Å². The fourth-order valence-corrected chi connectivity index (χ4v) is 3.57. The van der Waals surface area contributed by atoms with Crippen LogP contribution in [0.25, 0.3) is 17.0 Å². The van der Waals surface area contributed by atoms with Crippen molar-refractivity contribution in [1.29, 1.82) is 0 Å². The highest BCUT2D eigenvalue weighted by Crippen LogP contribution is 2.21. The zero-order valence-corrected chi connectivity index (χ0v) is 18.4. The Morgan fingerprint density at radius 1 is 1.03 bits per heavy atom. The molecule has 0 atom stereocenters. The quantitative estimate of drug-likeness (QED) is 0.333. The van der Waals surface area contributed by atoms with Crippen LogP contribution in [0, 0.1) is 6.92 Å². The van der Waals surface area contributed by atoms with Gasteiger partial charge in [-0.05, 0) is 36.8 Å². The molecule has 0 unspecified atom stereocenters. The van der Waals surface area contributed by atoms with Crippen LogP contribution in [0.15, 0.2) is 79.1 Å². The largest absolute Gasteiger partial charge is 0.345 e.